The molecule has 0 fully saturated rings. The number of halogens is 1. The van der Waals surface area contributed by atoms with Gasteiger partial charge in [0.15, 0.2) is 0 Å². The van der Waals surface area contributed by atoms with Gasteiger partial charge in [-0.15, -0.1) is 0 Å². The maximum atomic E-state index is 12.4. The molecule has 0 spiro atoms. The third-order valence-electron chi connectivity index (χ3n) is 4.65. The Morgan fingerprint density at radius 1 is 0.871 bits per heavy atom. The van der Waals surface area contributed by atoms with Crippen LogP contribution in [0, 0.1) is 0 Å². The first-order chi connectivity index (χ1) is 15.2. The minimum Gasteiger partial charge on any atom is -0.352 e. The molecule has 4 rings (SSSR count). The number of aromatic nitrogens is 3. The van der Waals surface area contributed by atoms with Crippen LogP contribution in [0.1, 0.15) is 15.9 Å². The molecule has 2 aromatic carbocycles. The number of carbonyl (C=O) groups is 1. The largest absolute Gasteiger partial charge is 0.352 e. The van der Waals surface area contributed by atoms with Crippen molar-refractivity contribution in [2.45, 2.75) is 6.42 Å². The molecule has 0 aliphatic heterocycles. The van der Waals surface area contributed by atoms with Gasteiger partial charge >= 0.3 is 0 Å². The van der Waals surface area contributed by atoms with Gasteiger partial charge in [0.1, 0.15) is 0 Å². The molecule has 0 radical (unpaired) electrons. The Bertz CT molecular complexity index is 1150. The van der Waals surface area contributed by atoms with Crippen LogP contribution < -0.4 is 10.6 Å². The van der Waals surface area contributed by atoms with Gasteiger partial charge in [0.05, 0.1) is 5.69 Å². The van der Waals surface area contributed by atoms with Gasteiger partial charge in [0.25, 0.3) is 5.91 Å². The summed E-state index contributed by atoms with van der Waals surface area (Å²) in [5.74, 6) is 0.364. The Kier molecular flexibility index (Phi) is 6.50. The van der Waals surface area contributed by atoms with Crippen molar-refractivity contribution in [2.75, 3.05) is 11.9 Å². The highest BCUT2D eigenvalue weighted by atomic mass is 35.5. The van der Waals surface area contributed by atoms with E-state index in [1.165, 1.54) is 0 Å². The first-order valence-corrected chi connectivity index (χ1v) is 10.2. The third kappa shape index (κ3) is 5.65. The van der Waals surface area contributed by atoms with E-state index in [1.54, 1.807) is 30.7 Å². The van der Waals surface area contributed by atoms with Crippen molar-refractivity contribution in [3.63, 3.8) is 0 Å². The highest BCUT2D eigenvalue weighted by Gasteiger charge is 2.07. The summed E-state index contributed by atoms with van der Waals surface area (Å²) in [4.78, 5) is 25.2. The van der Waals surface area contributed by atoms with E-state index in [-0.39, 0.29) is 5.91 Å². The van der Waals surface area contributed by atoms with Crippen molar-refractivity contribution in [3.05, 3.63) is 101 Å². The van der Waals surface area contributed by atoms with Crippen LogP contribution in [0.2, 0.25) is 5.02 Å². The molecule has 0 atom stereocenters. The molecule has 31 heavy (non-hydrogen) atoms. The first-order valence-electron chi connectivity index (χ1n) is 9.80. The molecule has 154 valence electrons. The third-order valence-corrected chi connectivity index (χ3v) is 4.90. The number of carbonyl (C=O) groups excluding carboxylic acids is 1. The van der Waals surface area contributed by atoms with Crippen molar-refractivity contribution < 1.29 is 4.79 Å². The topological polar surface area (TPSA) is 79.8 Å². The molecule has 0 saturated carbocycles. The molecule has 0 aliphatic carbocycles. The van der Waals surface area contributed by atoms with E-state index >= 15 is 0 Å². The molecule has 2 N–H and O–H groups in total. The average molecular weight is 430 g/mol. The van der Waals surface area contributed by atoms with Crippen LogP contribution in [-0.4, -0.2) is 27.4 Å². The van der Waals surface area contributed by atoms with Gasteiger partial charge in [-0.1, -0.05) is 23.7 Å². The normalized spacial score (nSPS) is 10.5. The lowest BCUT2D eigenvalue weighted by atomic mass is 10.1. The fourth-order valence-electron chi connectivity index (χ4n) is 3.01. The Hall–Kier alpha value is -3.77. The van der Waals surface area contributed by atoms with Crippen LogP contribution in [0.5, 0.6) is 0 Å². The van der Waals surface area contributed by atoms with Gasteiger partial charge in [-0.25, -0.2) is 9.97 Å². The van der Waals surface area contributed by atoms with Crippen LogP contribution in [-0.2, 0) is 6.42 Å². The number of hydrogen-bond donors (Lipinski definition) is 2. The summed E-state index contributed by atoms with van der Waals surface area (Å²) >= 11 is 5.95. The SMILES string of the molecule is O=C(NCCc1ccncc1)c1ccc(Nc2nccc(-c3ccc(Cl)cc3)n2)cc1. The van der Waals surface area contributed by atoms with E-state index in [0.717, 1.165) is 28.9 Å². The summed E-state index contributed by atoms with van der Waals surface area (Å²) in [6.07, 6.45) is 5.95. The molecule has 1 amide bonds. The van der Waals surface area contributed by atoms with Crippen LogP contribution in [0.4, 0.5) is 11.6 Å². The number of anilines is 2. The van der Waals surface area contributed by atoms with Gasteiger partial charge in [0.2, 0.25) is 5.95 Å². The summed E-state index contributed by atoms with van der Waals surface area (Å²) in [6.45, 7) is 0.564. The molecular weight excluding hydrogens is 410 g/mol. The Labute approximate surface area is 185 Å². The van der Waals surface area contributed by atoms with E-state index in [2.05, 4.69) is 25.6 Å². The Morgan fingerprint density at radius 3 is 2.35 bits per heavy atom. The van der Waals surface area contributed by atoms with E-state index in [0.29, 0.717) is 23.1 Å². The minimum atomic E-state index is -0.110. The lowest BCUT2D eigenvalue weighted by Crippen LogP contribution is -2.25. The minimum absolute atomic E-state index is 0.110. The number of nitrogens with zero attached hydrogens (tertiary/aromatic N) is 3. The number of benzene rings is 2. The molecule has 4 aromatic rings. The van der Waals surface area contributed by atoms with Gasteiger partial charge < -0.3 is 10.6 Å². The molecule has 7 heteroatoms. The molecule has 2 heterocycles. The van der Waals surface area contributed by atoms with Gasteiger partial charge in [-0.2, -0.15) is 0 Å². The highest BCUT2D eigenvalue weighted by molar-refractivity contribution is 6.30. The van der Waals surface area contributed by atoms with Gasteiger partial charge in [0, 0.05) is 47.0 Å². The maximum absolute atomic E-state index is 12.4. The Morgan fingerprint density at radius 2 is 1.61 bits per heavy atom. The smallest absolute Gasteiger partial charge is 0.251 e. The predicted molar refractivity (Wildman–Crippen MR) is 122 cm³/mol. The summed E-state index contributed by atoms with van der Waals surface area (Å²) < 4.78 is 0. The quantitative estimate of drug-likeness (QED) is 0.436. The number of pyridine rings is 1. The van der Waals surface area contributed by atoms with E-state index in [9.17, 15) is 4.79 Å². The van der Waals surface area contributed by atoms with Crippen molar-refractivity contribution in [3.8, 4) is 11.3 Å². The number of rotatable bonds is 7. The monoisotopic (exact) mass is 429 g/mol. The van der Waals surface area contributed by atoms with Crippen LogP contribution >= 0.6 is 11.6 Å². The summed E-state index contributed by atoms with van der Waals surface area (Å²) in [7, 11) is 0. The molecule has 6 nitrogen and oxygen atoms in total. The second-order valence-electron chi connectivity index (χ2n) is 6.84. The Balaban J connectivity index is 1.35. The average Bonchev–Trinajstić information content (AvgIpc) is 2.81. The van der Waals surface area contributed by atoms with E-state index in [4.69, 9.17) is 11.6 Å². The molecule has 0 unspecified atom stereocenters. The van der Waals surface area contributed by atoms with Crippen LogP contribution in [0.25, 0.3) is 11.3 Å². The van der Waals surface area contributed by atoms with Crippen LogP contribution in [0.3, 0.4) is 0 Å². The maximum Gasteiger partial charge on any atom is 0.251 e. The van der Waals surface area contributed by atoms with Crippen molar-refractivity contribution in [1.82, 2.24) is 20.3 Å². The zero-order chi connectivity index (χ0) is 21.5. The van der Waals surface area contributed by atoms with E-state index < -0.39 is 0 Å². The first kappa shape index (κ1) is 20.5. The second-order valence-corrected chi connectivity index (χ2v) is 7.27. The molecule has 0 aliphatic rings. The van der Waals surface area contributed by atoms with Crippen LogP contribution in [0.15, 0.2) is 85.3 Å². The predicted octanol–water partition coefficient (Wildman–Crippen LogP) is 4.91. The number of amides is 1. The lowest BCUT2D eigenvalue weighted by Gasteiger charge is -2.08. The van der Waals surface area contributed by atoms with E-state index in [1.807, 2.05) is 54.6 Å². The fraction of sp³-hybridized carbons (Fsp3) is 0.0833. The summed E-state index contributed by atoms with van der Waals surface area (Å²) in [6, 6.07) is 20.4. The van der Waals surface area contributed by atoms with Crippen molar-refractivity contribution in [2.24, 2.45) is 0 Å². The number of hydrogen-bond acceptors (Lipinski definition) is 5. The molecule has 2 aromatic heterocycles. The lowest BCUT2D eigenvalue weighted by molar-refractivity contribution is 0.0954. The van der Waals surface area contributed by atoms with Gasteiger partial charge in [-0.3, -0.25) is 9.78 Å². The van der Waals surface area contributed by atoms with Crippen molar-refractivity contribution >= 4 is 29.1 Å². The highest BCUT2D eigenvalue weighted by Crippen LogP contribution is 2.21. The fourth-order valence-corrected chi connectivity index (χ4v) is 3.13. The standard InChI is InChI=1S/C24H20ClN5O/c25-20-5-1-18(2-6-20)22-12-16-28-24(30-22)29-21-7-3-19(4-8-21)23(31)27-15-11-17-9-13-26-14-10-17/h1-10,12-14,16H,11,15H2,(H,27,31)(H,28,29,30). The molecule has 0 saturated heterocycles. The zero-order valence-corrected chi connectivity index (χ0v) is 17.4. The second kappa shape index (κ2) is 9.82. The molecule has 0 bridgehead atoms. The summed E-state index contributed by atoms with van der Waals surface area (Å²) in [5.41, 5.74) is 4.27. The summed E-state index contributed by atoms with van der Waals surface area (Å²) in [5, 5.41) is 6.78. The van der Waals surface area contributed by atoms with Gasteiger partial charge in [-0.05, 0) is 66.6 Å². The molecular formula is C24H20ClN5O. The van der Waals surface area contributed by atoms with Crippen molar-refractivity contribution in [1.29, 1.82) is 0 Å². The number of nitrogens with one attached hydrogen (secondary N) is 2. The zero-order valence-electron chi connectivity index (χ0n) is 16.6.